The summed E-state index contributed by atoms with van der Waals surface area (Å²) in [5.41, 5.74) is 1.28. The third-order valence-electron chi connectivity index (χ3n) is 3.03. The van der Waals surface area contributed by atoms with E-state index in [0.29, 0.717) is 19.0 Å². The van der Waals surface area contributed by atoms with Crippen molar-refractivity contribution in [2.24, 2.45) is 0 Å². The first-order valence-electron chi connectivity index (χ1n) is 6.98. The number of para-hydroxylation sites is 1. The molecule has 1 N–H and O–H groups in total. The molecule has 0 aliphatic carbocycles. The summed E-state index contributed by atoms with van der Waals surface area (Å²) in [5.74, 6) is 0.355. The van der Waals surface area contributed by atoms with Crippen molar-refractivity contribution in [3.05, 3.63) is 72.3 Å². The maximum atomic E-state index is 10.9. The fourth-order valence-electron chi connectivity index (χ4n) is 2.00. The maximum absolute atomic E-state index is 10.9. The van der Waals surface area contributed by atoms with Crippen LogP contribution in [-0.4, -0.2) is 24.3 Å². The van der Waals surface area contributed by atoms with Crippen LogP contribution in [0, 0.1) is 0 Å². The van der Waals surface area contributed by atoms with E-state index in [-0.39, 0.29) is 5.56 Å². The van der Waals surface area contributed by atoms with E-state index in [1.54, 1.807) is 12.1 Å². The van der Waals surface area contributed by atoms with Crippen LogP contribution in [0.2, 0.25) is 0 Å². The monoisotopic (exact) mass is 298 g/mol. The lowest BCUT2D eigenvalue weighted by molar-refractivity contribution is 0.0696. The SMILES string of the molecule is C=CCc1ccccc1OCCOc1cccc(C(=O)O)c1. The van der Waals surface area contributed by atoms with Crippen LogP contribution in [0.15, 0.2) is 61.2 Å². The molecule has 0 fully saturated rings. The molecule has 0 aliphatic rings. The Hall–Kier alpha value is -2.75. The highest BCUT2D eigenvalue weighted by Gasteiger charge is 2.04. The zero-order valence-corrected chi connectivity index (χ0v) is 12.2. The fourth-order valence-corrected chi connectivity index (χ4v) is 2.00. The van der Waals surface area contributed by atoms with Gasteiger partial charge in [0.15, 0.2) is 0 Å². The van der Waals surface area contributed by atoms with Crippen LogP contribution >= 0.6 is 0 Å². The van der Waals surface area contributed by atoms with Crippen molar-refractivity contribution in [3.8, 4) is 11.5 Å². The Balaban J connectivity index is 1.86. The van der Waals surface area contributed by atoms with Crippen molar-refractivity contribution in [3.63, 3.8) is 0 Å². The van der Waals surface area contributed by atoms with Gasteiger partial charge in [-0.3, -0.25) is 0 Å². The van der Waals surface area contributed by atoms with E-state index in [0.717, 1.165) is 17.7 Å². The lowest BCUT2D eigenvalue weighted by Gasteiger charge is -2.11. The van der Waals surface area contributed by atoms with Crippen molar-refractivity contribution >= 4 is 5.97 Å². The Morgan fingerprint density at radius 3 is 2.64 bits per heavy atom. The standard InChI is InChI=1S/C18H18O4/c1-2-6-14-7-3-4-10-17(14)22-12-11-21-16-9-5-8-15(13-16)18(19)20/h2-5,7-10,13H,1,6,11-12H2,(H,19,20). The molecule has 0 bridgehead atoms. The molecule has 0 aromatic heterocycles. The molecule has 0 saturated carbocycles. The molecule has 4 nitrogen and oxygen atoms in total. The van der Waals surface area contributed by atoms with Crippen molar-refractivity contribution in [1.82, 2.24) is 0 Å². The van der Waals surface area contributed by atoms with Gasteiger partial charge in [0.2, 0.25) is 0 Å². The van der Waals surface area contributed by atoms with Gasteiger partial charge in [0, 0.05) is 0 Å². The van der Waals surface area contributed by atoms with E-state index in [4.69, 9.17) is 14.6 Å². The van der Waals surface area contributed by atoms with Crippen LogP contribution < -0.4 is 9.47 Å². The maximum Gasteiger partial charge on any atom is 0.335 e. The Kier molecular flexibility index (Phi) is 5.60. The smallest absolute Gasteiger partial charge is 0.335 e. The van der Waals surface area contributed by atoms with Crippen LogP contribution in [0.4, 0.5) is 0 Å². The third kappa shape index (κ3) is 4.38. The molecule has 0 heterocycles. The first-order valence-corrected chi connectivity index (χ1v) is 6.98. The van der Waals surface area contributed by atoms with Crippen molar-refractivity contribution in [2.75, 3.05) is 13.2 Å². The van der Waals surface area contributed by atoms with E-state index in [1.807, 2.05) is 30.3 Å². The highest BCUT2D eigenvalue weighted by atomic mass is 16.5. The summed E-state index contributed by atoms with van der Waals surface area (Å²) in [6, 6.07) is 14.2. The summed E-state index contributed by atoms with van der Waals surface area (Å²) in [7, 11) is 0. The summed E-state index contributed by atoms with van der Waals surface area (Å²) in [6.07, 6.45) is 2.58. The Labute approximate surface area is 129 Å². The molecule has 114 valence electrons. The van der Waals surface area contributed by atoms with Crippen LogP contribution in [0.5, 0.6) is 11.5 Å². The molecule has 2 aromatic carbocycles. The zero-order chi connectivity index (χ0) is 15.8. The summed E-state index contributed by atoms with van der Waals surface area (Å²) >= 11 is 0. The predicted octanol–water partition coefficient (Wildman–Crippen LogP) is 3.57. The average molecular weight is 298 g/mol. The number of allylic oxidation sites excluding steroid dienone is 1. The van der Waals surface area contributed by atoms with E-state index in [2.05, 4.69) is 6.58 Å². The summed E-state index contributed by atoms with van der Waals surface area (Å²) in [5, 5.41) is 8.92. The van der Waals surface area contributed by atoms with Gasteiger partial charge in [-0.15, -0.1) is 6.58 Å². The minimum absolute atomic E-state index is 0.203. The third-order valence-corrected chi connectivity index (χ3v) is 3.03. The minimum Gasteiger partial charge on any atom is -0.490 e. The predicted molar refractivity (Wildman–Crippen MR) is 84.7 cm³/mol. The van der Waals surface area contributed by atoms with Gasteiger partial charge in [-0.05, 0) is 36.2 Å². The average Bonchev–Trinajstić information content (AvgIpc) is 2.53. The van der Waals surface area contributed by atoms with Crippen LogP contribution in [0.1, 0.15) is 15.9 Å². The summed E-state index contributed by atoms with van der Waals surface area (Å²) in [6.45, 7) is 4.45. The number of aromatic carboxylic acids is 1. The zero-order valence-electron chi connectivity index (χ0n) is 12.2. The van der Waals surface area contributed by atoms with Gasteiger partial charge in [0.25, 0.3) is 0 Å². The number of rotatable bonds is 8. The lowest BCUT2D eigenvalue weighted by Crippen LogP contribution is -2.10. The molecular weight excluding hydrogens is 280 g/mol. The second-order valence-electron chi connectivity index (χ2n) is 4.63. The molecule has 2 aromatic rings. The highest BCUT2D eigenvalue weighted by molar-refractivity contribution is 5.87. The van der Waals surface area contributed by atoms with E-state index in [9.17, 15) is 4.79 Å². The van der Waals surface area contributed by atoms with Crippen molar-refractivity contribution in [2.45, 2.75) is 6.42 Å². The first kappa shape index (κ1) is 15.6. The fraction of sp³-hybridized carbons (Fsp3) is 0.167. The molecule has 0 spiro atoms. The van der Waals surface area contributed by atoms with Crippen LogP contribution in [0.3, 0.4) is 0 Å². The van der Waals surface area contributed by atoms with Gasteiger partial charge in [-0.1, -0.05) is 30.3 Å². The number of carboxylic acids is 1. The molecule has 0 radical (unpaired) electrons. The summed E-state index contributed by atoms with van der Waals surface area (Å²) in [4.78, 5) is 10.9. The highest BCUT2D eigenvalue weighted by Crippen LogP contribution is 2.19. The first-order chi connectivity index (χ1) is 10.7. The number of carbonyl (C=O) groups is 1. The minimum atomic E-state index is -0.972. The molecule has 0 saturated heterocycles. The molecule has 0 amide bonds. The molecule has 0 atom stereocenters. The lowest BCUT2D eigenvalue weighted by atomic mass is 10.1. The van der Waals surface area contributed by atoms with Crippen molar-refractivity contribution in [1.29, 1.82) is 0 Å². The van der Waals surface area contributed by atoms with E-state index in [1.165, 1.54) is 12.1 Å². The number of benzene rings is 2. The quantitative estimate of drug-likeness (QED) is 0.598. The Morgan fingerprint density at radius 2 is 1.86 bits per heavy atom. The number of ether oxygens (including phenoxy) is 2. The largest absolute Gasteiger partial charge is 0.490 e. The molecule has 4 heteroatoms. The van der Waals surface area contributed by atoms with Crippen LogP contribution in [0.25, 0.3) is 0 Å². The normalized spacial score (nSPS) is 10.0. The number of hydrogen-bond acceptors (Lipinski definition) is 3. The van der Waals surface area contributed by atoms with Crippen LogP contribution in [-0.2, 0) is 6.42 Å². The second-order valence-corrected chi connectivity index (χ2v) is 4.63. The van der Waals surface area contributed by atoms with Crippen molar-refractivity contribution < 1.29 is 19.4 Å². The topological polar surface area (TPSA) is 55.8 Å². The molecule has 2 rings (SSSR count). The van der Waals surface area contributed by atoms with Gasteiger partial charge < -0.3 is 14.6 Å². The molecule has 0 unspecified atom stereocenters. The van der Waals surface area contributed by atoms with Gasteiger partial charge in [0.1, 0.15) is 24.7 Å². The number of carboxylic acid groups (broad SMARTS) is 1. The van der Waals surface area contributed by atoms with E-state index >= 15 is 0 Å². The second kappa shape index (κ2) is 7.88. The summed E-state index contributed by atoms with van der Waals surface area (Å²) < 4.78 is 11.2. The molecule has 22 heavy (non-hydrogen) atoms. The number of hydrogen-bond donors (Lipinski definition) is 1. The van der Waals surface area contributed by atoms with Gasteiger partial charge >= 0.3 is 5.97 Å². The van der Waals surface area contributed by atoms with E-state index < -0.39 is 5.97 Å². The van der Waals surface area contributed by atoms with Gasteiger partial charge in [-0.2, -0.15) is 0 Å². The van der Waals surface area contributed by atoms with Gasteiger partial charge in [0.05, 0.1) is 5.56 Å². The Morgan fingerprint density at radius 1 is 1.09 bits per heavy atom. The molecular formula is C18H18O4. The van der Waals surface area contributed by atoms with Gasteiger partial charge in [-0.25, -0.2) is 4.79 Å². The molecule has 0 aliphatic heterocycles. The Bertz CT molecular complexity index is 649.